The molecule has 0 aromatic heterocycles. The lowest BCUT2D eigenvalue weighted by molar-refractivity contribution is -0.118. The van der Waals surface area contributed by atoms with Crippen LogP contribution in [0.15, 0.2) is 132 Å². The minimum Gasteiger partial charge on any atom is -0.488 e. The summed E-state index contributed by atoms with van der Waals surface area (Å²) in [5.41, 5.74) is 6.42. The molecule has 1 fully saturated rings. The normalized spacial score (nSPS) is 13.2. The summed E-state index contributed by atoms with van der Waals surface area (Å²) >= 11 is 1.54. The third kappa shape index (κ3) is 10.3. The Morgan fingerprint density at radius 3 is 2.04 bits per heavy atom. The summed E-state index contributed by atoms with van der Waals surface area (Å²) in [4.78, 5) is 30.5. The van der Waals surface area contributed by atoms with Gasteiger partial charge in [0.05, 0.1) is 13.1 Å². The number of hydrogen-bond acceptors (Lipinski definition) is 6. The Kier molecular flexibility index (Phi) is 12.6. The zero-order chi connectivity index (χ0) is 35.4. The predicted octanol–water partition coefficient (Wildman–Crippen LogP) is 10.2. The fraction of sp³-hybridized carbons (Fsp3) is 0.273. The maximum absolute atomic E-state index is 14.2. The fourth-order valence-electron chi connectivity index (χ4n) is 6.43. The van der Waals surface area contributed by atoms with Crippen LogP contribution in [0.2, 0.25) is 0 Å². The lowest BCUT2D eigenvalue weighted by Crippen LogP contribution is -2.37. The summed E-state index contributed by atoms with van der Waals surface area (Å²) in [5.74, 6) is 0.416. The minimum absolute atomic E-state index is 0.0677. The van der Waals surface area contributed by atoms with Gasteiger partial charge >= 0.3 is 5.97 Å². The number of ether oxygens (including phenoxy) is 2. The standard InChI is InChI=1S/C44H46N2O4S/c1-33-18-25-40(26-19-33)51-45(2)30-43(47)46(29-34-20-22-38(23-21-34)37-16-10-5-11-17-37)39-24-27-41(44(48)50-32-36-14-8-4-9-15-36)42(28-39)49-31-35-12-6-3-7-13-35/h3-4,6-9,12-15,18-28,37H,5,10-11,16-17,29-32H2,1-2H3. The molecule has 0 saturated heterocycles. The van der Waals surface area contributed by atoms with Crippen LogP contribution < -0.4 is 9.64 Å². The highest BCUT2D eigenvalue weighted by Crippen LogP contribution is 2.34. The molecule has 0 bridgehead atoms. The number of amides is 1. The Labute approximate surface area is 306 Å². The van der Waals surface area contributed by atoms with Gasteiger partial charge in [0.1, 0.15) is 24.5 Å². The number of esters is 1. The summed E-state index contributed by atoms with van der Waals surface area (Å²) in [6, 6.07) is 41.8. The van der Waals surface area contributed by atoms with E-state index in [1.54, 1.807) is 17.0 Å². The van der Waals surface area contributed by atoms with Gasteiger partial charge in [-0.05, 0) is 91.2 Å². The van der Waals surface area contributed by atoms with Gasteiger partial charge in [0.15, 0.2) is 0 Å². The summed E-state index contributed by atoms with van der Waals surface area (Å²) in [6.45, 7) is 3.03. The van der Waals surface area contributed by atoms with Gasteiger partial charge in [-0.1, -0.05) is 122 Å². The fourth-order valence-corrected chi connectivity index (χ4v) is 7.22. The van der Waals surface area contributed by atoms with E-state index in [9.17, 15) is 9.59 Å². The van der Waals surface area contributed by atoms with Crippen molar-refractivity contribution >= 4 is 29.5 Å². The van der Waals surface area contributed by atoms with Crippen molar-refractivity contribution < 1.29 is 19.1 Å². The van der Waals surface area contributed by atoms with Crippen molar-refractivity contribution in [1.29, 1.82) is 0 Å². The van der Waals surface area contributed by atoms with Gasteiger partial charge in [0.2, 0.25) is 5.91 Å². The zero-order valence-corrected chi connectivity index (χ0v) is 30.3. The van der Waals surface area contributed by atoms with Crippen LogP contribution in [0.5, 0.6) is 5.75 Å². The molecule has 1 aliphatic rings. The average Bonchev–Trinajstić information content (AvgIpc) is 3.17. The molecule has 5 aromatic carbocycles. The molecule has 5 aromatic rings. The monoisotopic (exact) mass is 698 g/mol. The molecule has 7 heteroatoms. The minimum atomic E-state index is -0.487. The second-order valence-electron chi connectivity index (χ2n) is 13.3. The first-order chi connectivity index (χ1) is 24.9. The van der Waals surface area contributed by atoms with E-state index in [1.807, 2.05) is 78.1 Å². The summed E-state index contributed by atoms with van der Waals surface area (Å²) < 4.78 is 14.0. The van der Waals surface area contributed by atoms with E-state index >= 15 is 0 Å². The number of benzene rings is 5. The Balaban J connectivity index is 1.27. The molecule has 6 nitrogen and oxygen atoms in total. The first-order valence-corrected chi connectivity index (χ1v) is 18.6. The lowest BCUT2D eigenvalue weighted by atomic mass is 9.84. The Morgan fingerprint density at radius 1 is 0.725 bits per heavy atom. The largest absolute Gasteiger partial charge is 0.488 e. The van der Waals surface area contributed by atoms with E-state index in [2.05, 4.69) is 55.5 Å². The highest BCUT2D eigenvalue weighted by molar-refractivity contribution is 7.97. The van der Waals surface area contributed by atoms with E-state index < -0.39 is 5.97 Å². The number of nitrogens with zero attached hydrogens (tertiary/aromatic N) is 2. The number of carbonyl (C=O) groups excluding carboxylic acids is 2. The number of hydrogen-bond donors (Lipinski definition) is 0. The van der Waals surface area contributed by atoms with Crippen LogP contribution in [0.3, 0.4) is 0 Å². The van der Waals surface area contributed by atoms with Crippen molar-refractivity contribution in [2.45, 2.75) is 69.6 Å². The van der Waals surface area contributed by atoms with Gasteiger partial charge < -0.3 is 14.4 Å². The van der Waals surface area contributed by atoms with Crippen LogP contribution in [0.1, 0.15) is 76.2 Å². The number of rotatable bonds is 14. The number of anilines is 1. The van der Waals surface area contributed by atoms with Gasteiger partial charge in [-0.25, -0.2) is 9.10 Å². The van der Waals surface area contributed by atoms with Gasteiger partial charge in [0, 0.05) is 16.6 Å². The zero-order valence-electron chi connectivity index (χ0n) is 29.5. The first-order valence-electron chi connectivity index (χ1n) is 17.8. The second-order valence-corrected chi connectivity index (χ2v) is 14.5. The van der Waals surface area contributed by atoms with Crippen molar-refractivity contribution in [1.82, 2.24) is 4.31 Å². The van der Waals surface area contributed by atoms with Crippen molar-refractivity contribution in [2.75, 3.05) is 18.5 Å². The maximum atomic E-state index is 14.2. The first kappa shape index (κ1) is 36.0. The molecule has 0 aliphatic heterocycles. The van der Waals surface area contributed by atoms with Crippen LogP contribution in [-0.4, -0.2) is 29.8 Å². The van der Waals surface area contributed by atoms with Gasteiger partial charge in [-0.3, -0.25) is 4.79 Å². The van der Waals surface area contributed by atoms with E-state index in [4.69, 9.17) is 9.47 Å². The molecule has 51 heavy (non-hydrogen) atoms. The molecular formula is C44H46N2O4S. The highest BCUT2D eigenvalue weighted by Gasteiger charge is 2.23. The Morgan fingerprint density at radius 2 is 1.37 bits per heavy atom. The summed E-state index contributed by atoms with van der Waals surface area (Å²) in [5, 5.41) is 0. The third-order valence-corrected chi connectivity index (χ3v) is 10.2. The van der Waals surface area contributed by atoms with Crippen molar-refractivity contribution in [3.8, 4) is 5.75 Å². The lowest BCUT2D eigenvalue weighted by Gasteiger charge is -2.27. The molecule has 0 heterocycles. The Hall–Kier alpha value is -4.85. The van der Waals surface area contributed by atoms with Crippen LogP contribution >= 0.6 is 11.9 Å². The SMILES string of the molecule is Cc1ccc(SN(C)CC(=O)N(Cc2ccc(C3CCCCC3)cc2)c2ccc(C(=O)OCc3ccccc3)c(OCc3ccccc3)c2)cc1. The molecule has 1 amide bonds. The number of carbonyl (C=O) groups is 2. The van der Waals surface area contributed by atoms with E-state index in [0.29, 0.717) is 29.5 Å². The van der Waals surface area contributed by atoms with E-state index in [1.165, 1.54) is 55.2 Å². The summed E-state index contributed by atoms with van der Waals surface area (Å²) in [7, 11) is 1.93. The molecule has 0 N–H and O–H groups in total. The van der Waals surface area contributed by atoms with Crippen LogP contribution in [-0.2, 0) is 29.3 Å². The quantitative estimate of drug-likeness (QED) is 0.0850. The van der Waals surface area contributed by atoms with E-state index in [0.717, 1.165) is 21.6 Å². The molecule has 1 saturated carbocycles. The van der Waals surface area contributed by atoms with Gasteiger partial charge in [-0.15, -0.1) is 0 Å². The number of likely N-dealkylation sites (N-methyl/N-ethyl adjacent to an activating group) is 1. The number of aryl methyl sites for hydroxylation is 1. The van der Waals surface area contributed by atoms with Crippen LogP contribution in [0, 0.1) is 6.92 Å². The predicted molar refractivity (Wildman–Crippen MR) is 206 cm³/mol. The topological polar surface area (TPSA) is 59.1 Å². The molecule has 262 valence electrons. The molecule has 1 aliphatic carbocycles. The third-order valence-electron chi connectivity index (χ3n) is 9.28. The summed E-state index contributed by atoms with van der Waals surface area (Å²) in [6.07, 6.45) is 6.37. The van der Waals surface area contributed by atoms with Crippen LogP contribution in [0.4, 0.5) is 5.69 Å². The molecule has 0 radical (unpaired) electrons. The molecule has 0 spiro atoms. The molecule has 6 rings (SSSR count). The highest BCUT2D eigenvalue weighted by atomic mass is 32.2. The maximum Gasteiger partial charge on any atom is 0.342 e. The van der Waals surface area contributed by atoms with Gasteiger partial charge in [-0.2, -0.15) is 0 Å². The van der Waals surface area contributed by atoms with Crippen LogP contribution in [0.25, 0.3) is 0 Å². The van der Waals surface area contributed by atoms with E-state index in [-0.39, 0.29) is 25.7 Å². The van der Waals surface area contributed by atoms with Crippen molar-refractivity contribution in [3.63, 3.8) is 0 Å². The average molecular weight is 699 g/mol. The second kappa shape index (κ2) is 17.9. The smallest absolute Gasteiger partial charge is 0.342 e. The van der Waals surface area contributed by atoms with Crippen molar-refractivity contribution in [3.05, 3.63) is 161 Å². The molecular weight excluding hydrogens is 653 g/mol. The molecule has 0 unspecified atom stereocenters. The molecule has 0 atom stereocenters. The van der Waals surface area contributed by atoms with Crippen molar-refractivity contribution in [2.24, 2.45) is 0 Å². The Bertz CT molecular complexity index is 1860. The van der Waals surface area contributed by atoms with Gasteiger partial charge in [0.25, 0.3) is 0 Å².